The van der Waals surface area contributed by atoms with E-state index in [1.54, 1.807) is 0 Å². The fourth-order valence-corrected chi connectivity index (χ4v) is 10.5. The summed E-state index contributed by atoms with van der Waals surface area (Å²) in [6, 6.07) is 3.03. The Bertz CT molecular complexity index is 1200. The van der Waals surface area contributed by atoms with Crippen molar-refractivity contribution >= 4 is 17.3 Å². The summed E-state index contributed by atoms with van der Waals surface area (Å²) < 4.78 is 5.87. The highest BCUT2D eigenvalue weighted by Crippen LogP contribution is 2.68. The van der Waals surface area contributed by atoms with E-state index in [2.05, 4.69) is 41.5 Å². The van der Waals surface area contributed by atoms with Crippen molar-refractivity contribution in [1.82, 2.24) is 0 Å². The number of esters is 1. The minimum Gasteiger partial charge on any atom is -0.459 e. The number of carbonyl (C=O) groups is 1. The van der Waals surface area contributed by atoms with E-state index >= 15 is 0 Å². The molecular weight excluding hydrogens is 544 g/mol. The molecule has 0 radical (unpaired) electrons. The molecule has 0 N–H and O–H groups in total. The first-order chi connectivity index (χ1) is 20.2. The topological polar surface area (TPSA) is 113 Å². The molecule has 0 aromatic heterocycles. The van der Waals surface area contributed by atoms with Gasteiger partial charge in [0.05, 0.1) is 21.5 Å². The van der Waals surface area contributed by atoms with Gasteiger partial charge in [0.15, 0.2) is 0 Å². The van der Waals surface area contributed by atoms with Crippen molar-refractivity contribution in [2.45, 2.75) is 118 Å². The van der Waals surface area contributed by atoms with Crippen molar-refractivity contribution in [3.05, 3.63) is 44.0 Å². The summed E-state index contributed by atoms with van der Waals surface area (Å²) in [5.74, 6) is 5.27. The SMILES string of the molecule is CC(C)[C@@H](C)CC[C@@H](C)[C@@H]1CC[C@@H]2[C@@H]3CC[C@H]4C[C@H](OC(=O)c5cc([N+](=O)[O-])cc([N+](=O)[O-])c5)CC[C@@]4(C)[C@@H]3CC[C@@]21C. The second-order valence-electron chi connectivity index (χ2n) is 15.7. The fourth-order valence-electron chi connectivity index (χ4n) is 10.5. The van der Waals surface area contributed by atoms with Crippen LogP contribution in [0.2, 0.25) is 0 Å². The molecule has 4 aliphatic rings. The summed E-state index contributed by atoms with van der Waals surface area (Å²) in [5.41, 5.74) is -0.387. The van der Waals surface area contributed by atoms with E-state index < -0.39 is 27.2 Å². The van der Waals surface area contributed by atoms with Gasteiger partial charge in [0.2, 0.25) is 0 Å². The molecule has 4 fully saturated rings. The first kappa shape index (κ1) is 31.9. The first-order valence-corrected chi connectivity index (χ1v) is 16.9. The lowest BCUT2D eigenvalue weighted by molar-refractivity contribution is -0.394. The average molecular weight is 597 g/mol. The minimum atomic E-state index is -0.718. The number of non-ortho nitro benzene ring substituents is 2. The Balaban J connectivity index is 1.23. The molecule has 0 bridgehead atoms. The van der Waals surface area contributed by atoms with Gasteiger partial charge in [-0.3, -0.25) is 20.2 Å². The second-order valence-corrected chi connectivity index (χ2v) is 15.7. The highest BCUT2D eigenvalue weighted by atomic mass is 16.6. The minimum absolute atomic E-state index is 0.131. The Kier molecular flexibility index (Phi) is 8.99. The van der Waals surface area contributed by atoms with Gasteiger partial charge in [-0.25, -0.2) is 4.79 Å². The van der Waals surface area contributed by atoms with Crippen LogP contribution in [-0.4, -0.2) is 21.9 Å². The zero-order valence-electron chi connectivity index (χ0n) is 27.1. The van der Waals surface area contributed by atoms with E-state index in [1.807, 2.05) is 0 Å². The lowest BCUT2D eigenvalue weighted by Gasteiger charge is -2.61. The number of carbonyl (C=O) groups excluding carboxylic acids is 1. The van der Waals surface area contributed by atoms with E-state index in [1.165, 1.54) is 44.9 Å². The smallest absolute Gasteiger partial charge is 0.338 e. The summed E-state index contributed by atoms with van der Waals surface area (Å²) in [7, 11) is 0. The maximum Gasteiger partial charge on any atom is 0.338 e. The van der Waals surface area contributed by atoms with Crippen LogP contribution in [0.4, 0.5) is 11.4 Å². The van der Waals surface area contributed by atoms with E-state index in [9.17, 15) is 25.0 Å². The monoisotopic (exact) mass is 596 g/mol. The van der Waals surface area contributed by atoms with Gasteiger partial charge in [-0.1, -0.05) is 54.4 Å². The molecule has 0 saturated heterocycles. The molecular formula is C35H52N2O6. The van der Waals surface area contributed by atoms with Gasteiger partial charge in [-0.2, -0.15) is 0 Å². The van der Waals surface area contributed by atoms with Crippen LogP contribution in [0.3, 0.4) is 0 Å². The molecule has 1 aromatic rings. The molecule has 4 saturated carbocycles. The summed E-state index contributed by atoms with van der Waals surface area (Å²) >= 11 is 0. The van der Waals surface area contributed by atoms with Crippen LogP contribution in [0.5, 0.6) is 0 Å². The molecule has 0 amide bonds. The summed E-state index contributed by atoms with van der Waals surface area (Å²) in [5, 5.41) is 22.6. The van der Waals surface area contributed by atoms with Crippen LogP contribution < -0.4 is 0 Å². The van der Waals surface area contributed by atoms with Crippen molar-refractivity contribution in [3.8, 4) is 0 Å². The summed E-state index contributed by atoms with van der Waals surface area (Å²) in [6.07, 6.45) is 12.8. The van der Waals surface area contributed by atoms with Crippen LogP contribution in [0, 0.1) is 78.4 Å². The average Bonchev–Trinajstić information content (AvgIpc) is 3.32. The van der Waals surface area contributed by atoms with Crippen molar-refractivity contribution in [2.75, 3.05) is 0 Å². The van der Waals surface area contributed by atoms with Gasteiger partial charge in [0, 0.05) is 12.1 Å². The highest BCUT2D eigenvalue weighted by molar-refractivity contribution is 5.91. The number of nitrogens with zero attached hydrogens (tertiary/aromatic N) is 2. The number of fused-ring (bicyclic) bond motifs is 5. The number of hydrogen-bond donors (Lipinski definition) is 0. The molecule has 43 heavy (non-hydrogen) atoms. The van der Waals surface area contributed by atoms with Crippen LogP contribution in [0.25, 0.3) is 0 Å². The Labute approximate surface area is 257 Å². The van der Waals surface area contributed by atoms with Crippen LogP contribution in [0.15, 0.2) is 18.2 Å². The maximum atomic E-state index is 13.0. The zero-order chi connectivity index (χ0) is 31.3. The molecule has 0 unspecified atom stereocenters. The quantitative estimate of drug-likeness (QED) is 0.159. The molecule has 238 valence electrons. The molecule has 0 spiro atoms. The number of rotatable bonds is 9. The molecule has 8 heteroatoms. The molecule has 10 atom stereocenters. The standard InChI is InChI=1S/C35H52N2O6/c1-21(2)22(3)7-8-23(4)30-11-12-31-29-10-9-25-19-28(13-15-34(25,5)32(29)14-16-35(30,31)6)43-33(38)24-17-26(36(39)40)20-27(18-24)37(41)42/h17-18,20-23,25,28-32H,7-16,19H2,1-6H3/t22-,23+,25-,28+,29-,30-,31+,32+,34+,35+/m0/s1. The fraction of sp³-hybridized carbons (Fsp3) is 0.800. The number of benzene rings is 1. The van der Waals surface area contributed by atoms with E-state index in [4.69, 9.17) is 4.74 Å². The summed E-state index contributed by atoms with van der Waals surface area (Å²) in [6.45, 7) is 14.8. The third kappa shape index (κ3) is 5.96. The Morgan fingerprint density at radius 2 is 1.49 bits per heavy atom. The Hall–Kier alpha value is -2.51. The van der Waals surface area contributed by atoms with Crippen molar-refractivity contribution in [1.29, 1.82) is 0 Å². The molecule has 1 aromatic carbocycles. The zero-order valence-corrected chi connectivity index (χ0v) is 27.1. The molecule has 5 rings (SSSR count). The molecule has 8 nitrogen and oxygen atoms in total. The van der Waals surface area contributed by atoms with Crippen LogP contribution >= 0.6 is 0 Å². The van der Waals surface area contributed by atoms with Gasteiger partial charge in [-0.05, 0) is 116 Å². The first-order valence-electron chi connectivity index (χ1n) is 16.9. The van der Waals surface area contributed by atoms with Crippen molar-refractivity contribution in [3.63, 3.8) is 0 Å². The Morgan fingerprint density at radius 3 is 2.12 bits per heavy atom. The van der Waals surface area contributed by atoms with E-state index in [-0.39, 0.29) is 17.1 Å². The van der Waals surface area contributed by atoms with Crippen molar-refractivity contribution < 1.29 is 19.4 Å². The molecule has 0 aliphatic heterocycles. The van der Waals surface area contributed by atoms with Gasteiger partial charge in [0.25, 0.3) is 11.4 Å². The predicted molar refractivity (Wildman–Crippen MR) is 167 cm³/mol. The van der Waals surface area contributed by atoms with Gasteiger partial charge < -0.3 is 4.74 Å². The predicted octanol–water partition coefficient (Wildman–Crippen LogP) is 9.40. The van der Waals surface area contributed by atoms with Gasteiger partial charge >= 0.3 is 5.97 Å². The van der Waals surface area contributed by atoms with Crippen LogP contribution in [-0.2, 0) is 4.74 Å². The normalized spacial score (nSPS) is 36.6. The van der Waals surface area contributed by atoms with Crippen molar-refractivity contribution in [2.24, 2.45) is 58.2 Å². The lowest BCUT2D eigenvalue weighted by Crippen LogP contribution is -2.54. The van der Waals surface area contributed by atoms with Gasteiger partial charge in [0.1, 0.15) is 6.10 Å². The van der Waals surface area contributed by atoms with E-state index in [0.717, 1.165) is 85.3 Å². The van der Waals surface area contributed by atoms with Crippen LogP contribution in [0.1, 0.15) is 123 Å². The lowest BCUT2D eigenvalue weighted by atomic mass is 9.44. The molecule has 4 aliphatic carbocycles. The molecule has 0 heterocycles. The largest absolute Gasteiger partial charge is 0.459 e. The van der Waals surface area contributed by atoms with Gasteiger partial charge in [-0.15, -0.1) is 0 Å². The third-order valence-corrected chi connectivity index (χ3v) is 13.4. The number of hydrogen-bond acceptors (Lipinski definition) is 6. The number of ether oxygens (including phenoxy) is 1. The number of nitro benzene ring substituents is 2. The third-order valence-electron chi connectivity index (χ3n) is 13.4. The Morgan fingerprint density at radius 1 is 0.860 bits per heavy atom. The van der Waals surface area contributed by atoms with E-state index in [0.29, 0.717) is 11.3 Å². The maximum absolute atomic E-state index is 13.0. The highest BCUT2D eigenvalue weighted by Gasteiger charge is 2.60. The second kappa shape index (κ2) is 12.1. The summed E-state index contributed by atoms with van der Waals surface area (Å²) in [4.78, 5) is 34.2. The number of nitro groups is 2.